The first kappa shape index (κ1) is 28.3. The largest absolute Gasteiger partial charge is 0.461 e. The second-order valence-electron chi connectivity index (χ2n) is 13.4. The maximum Gasteiger partial charge on any atom is 0.318 e. The van der Waals surface area contributed by atoms with Crippen LogP contribution in [0.5, 0.6) is 6.01 Å². The number of benzene rings is 2. The summed E-state index contributed by atoms with van der Waals surface area (Å²) in [5.41, 5.74) is 5.33. The monoisotopic (exact) mass is 608 g/mol. The molecule has 0 bridgehead atoms. The number of thiazole rings is 1. The Kier molecular flexibility index (Phi) is 7.45. The molecule has 7 nitrogen and oxygen atoms in total. The third kappa shape index (κ3) is 5.04. The Morgan fingerprint density at radius 3 is 2.61 bits per heavy atom. The maximum absolute atomic E-state index is 6.64. The first-order valence-electron chi connectivity index (χ1n) is 16.8. The van der Waals surface area contributed by atoms with Crippen molar-refractivity contribution in [2.24, 2.45) is 0 Å². The van der Waals surface area contributed by atoms with Crippen molar-refractivity contribution in [1.29, 1.82) is 0 Å². The molecule has 1 atom stereocenters. The van der Waals surface area contributed by atoms with Crippen LogP contribution in [0.25, 0.3) is 10.8 Å². The average Bonchev–Trinajstić information content (AvgIpc) is 3.79. The van der Waals surface area contributed by atoms with Gasteiger partial charge in [0.15, 0.2) is 0 Å². The Hall–Kier alpha value is -3.23. The van der Waals surface area contributed by atoms with Gasteiger partial charge < -0.3 is 14.5 Å². The minimum atomic E-state index is 0.171. The summed E-state index contributed by atoms with van der Waals surface area (Å²) in [6.07, 6.45) is 11.3. The first-order chi connectivity index (χ1) is 21.6. The fraction of sp³-hybridized carbons (Fsp3) is 0.528. The van der Waals surface area contributed by atoms with Crippen molar-refractivity contribution < 1.29 is 4.74 Å². The van der Waals surface area contributed by atoms with Gasteiger partial charge in [0, 0.05) is 53.3 Å². The molecule has 2 aromatic carbocycles. The molecule has 0 radical (unpaired) electrons. The predicted molar refractivity (Wildman–Crippen MR) is 179 cm³/mol. The van der Waals surface area contributed by atoms with Crippen LogP contribution < -0.4 is 14.5 Å². The van der Waals surface area contributed by atoms with Crippen LogP contribution in [-0.4, -0.2) is 64.7 Å². The molecular weight excluding hydrogens is 565 g/mol. The highest BCUT2D eigenvalue weighted by atomic mass is 32.1. The van der Waals surface area contributed by atoms with E-state index in [1.165, 1.54) is 82.7 Å². The summed E-state index contributed by atoms with van der Waals surface area (Å²) in [5, 5.41) is 3.96. The molecule has 4 aliphatic heterocycles. The normalized spacial score (nSPS) is 21.5. The fourth-order valence-corrected chi connectivity index (χ4v) is 9.37. The highest BCUT2D eigenvalue weighted by molar-refractivity contribution is 7.11. The van der Waals surface area contributed by atoms with Crippen LogP contribution in [0.15, 0.2) is 42.6 Å². The predicted octanol–water partition coefficient (Wildman–Crippen LogP) is 6.91. The Morgan fingerprint density at radius 2 is 1.82 bits per heavy atom. The number of aromatic nitrogens is 3. The van der Waals surface area contributed by atoms with Gasteiger partial charge in [-0.1, -0.05) is 37.3 Å². The van der Waals surface area contributed by atoms with Gasteiger partial charge in [0.25, 0.3) is 0 Å². The number of aryl methyl sites for hydroxylation is 2. The van der Waals surface area contributed by atoms with Crippen LogP contribution in [0.4, 0.5) is 11.5 Å². The molecule has 0 saturated carbocycles. The van der Waals surface area contributed by atoms with E-state index in [4.69, 9.17) is 19.7 Å². The summed E-state index contributed by atoms with van der Waals surface area (Å²) in [6.45, 7) is 11.2. The van der Waals surface area contributed by atoms with E-state index in [1.807, 2.05) is 17.5 Å². The van der Waals surface area contributed by atoms with E-state index in [-0.39, 0.29) is 5.54 Å². The number of anilines is 2. The van der Waals surface area contributed by atoms with Crippen LogP contribution in [-0.2, 0) is 19.4 Å². The Labute approximate surface area is 265 Å². The van der Waals surface area contributed by atoms with Crippen molar-refractivity contribution >= 4 is 33.6 Å². The van der Waals surface area contributed by atoms with Crippen molar-refractivity contribution in [3.8, 4) is 6.01 Å². The number of hydrogen-bond donors (Lipinski definition) is 0. The smallest absolute Gasteiger partial charge is 0.318 e. The third-order valence-corrected chi connectivity index (χ3v) is 11.8. The molecule has 0 aliphatic carbocycles. The molecule has 8 heteroatoms. The van der Waals surface area contributed by atoms with Gasteiger partial charge in [-0.25, -0.2) is 4.98 Å². The molecule has 0 N–H and O–H groups in total. The van der Waals surface area contributed by atoms with Crippen molar-refractivity contribution in [2.45, 2.75) is 83.2 Å². The molecule has 1 unspecified atom stereocenters. The lowest BCUT2D eigenvalue weighted by Crippen LogP contribution is -2.43. The van der Waals surface area contributed by atoms with E-state index >= 15 is 0 Å². The molecule has 230 valence electrons. The Bertz CT molecular complexity index is 1650. The summed E-state index contributed by atoms with van der Waals surface area (Å²) in [5.74, 6) is 1.55. The number of rotatable bonds is 7. The Morgan fingerprint density at radius 1 is 0.977 bits per heavy atom. The Balaban J connectivity index is 1.14. The van der Waals surface area contributed by atoms with Gasteiger partial charge in [0.2, 0.25) is 0 Å². The molecule has 44 heavy (non-hydrogen) atoms. The van der Waals surface area contributed by atoms with Crippen LogP contribution in [0.1, 0.15) is 78.1 Å². The first-order valence-corrected chi connectivity index (χ1v) is 17.6. The second-order valence-corrected chi connectivity index (χ2v) is 14.6. The third-order valence-electron chi connectivity index (χ3n) is 10.7. The van der Waals surface area contributed by atoms with E-state index in [9.17, 15) is 0 Å². The molecular formula is C36H44N6OS. The number of fused-ring (bicyclic) bond motifs is 3. The summed E-state index contributed by atoms with van der Waals surface area (Å²) < 4.78 is 6.64. The van der Waals surface area contributed by atoms with Gasteiger partial charge in [-0.2, -0.15) is 9.97 Å². The second kappa shape index (κ2) is 11.6. The highest BCUT2D eigenvalue weighted by Crippen LogP contribution is 2.41. The van der Waals surface area contributed by atoms with E-state index < -0.39 is 0 Å². The average molecular weight is 609 g/mol. The minimum absolute atomic E-state index is 0.171. The maximum atomic E-state index is 6.64. The summed E-state index contributed by atoms with van der Waals surface area (Å²) in [7, 11) is 0. The number of hydrogen-bond acceptors (Lipinski definition) is 8. The van der Waals surface area contributed by atoms with Gasteiger partial charge in [-0.15, -0.1) is 11.3 Å². The highest BCUT2D eigenvalue weighted by Gasteiger charge is 2.45. The molecule has 0 spiro atoms. The molecule has 0 amide bonds. The zero-order valence-electron chi connectivity index (χ0n) is 26.2. The van der Waals surface area contributed by atoms with Crippen LogP contribution >= 0.6 is 11.3 Å². The zero-order chi connectivity index (χ0) is 29.7. The molecule has 3 saturated heterocycles. The van der Waals surface area contributed by atoms with Gasteiger partial charge in [-0.3, -0.25) is 4.90 Å². The zero-order valence-corrected chi connectivity index (χ0v) is 27.0. The van der Waals surface area contributed by atoms with Crippen molar-refractivity contribution in [3.63, 3.8) is 0 Å². The van der Waals surface area contributed by atoms with Crippen LogP contribution in [0.2, 0.25) is 0 Å². The number of piperidine rings is 1. The van der Waals surface area contributed by atoms with Gasteiger partial charge in [0.1, 0.15) is 12.4 Å². The van der Waals surface area contributed by atoms with Gasteiger partial charge in [0.05, 0.1) is 22.8 Å². The standard InChI is InChI=1S/C36H44N6OS/c1-3-26-9-4-10-27-11-5-13-31(32(26)27)40-20-14-29-30(23-40)38-35(43-24-36-15-7-18-42(36)19-8-16-36)39-33(29)41-17-6-12-28(22-41)34-37-21-25(2)44-34/h4-5,9-11,13,21,28H,3,6-8,12,14-20,22-24H2,1-2H3. The summed E-state index contributed by atoms with van der Waals surface area (Å²) in [6, 6.07) is 14.0. The van der Waals surface area contributed by atoms with Crippen molar-refractivity contribution in [2.75, 3.05) is 49.1 Å². The fourth-order valence-electron chi connectivity index (χ4n) is 8.47. The van der Waals surface area contributed by atoms with Crippen molar-refractivity contribution in [3.05, 3.63) is 69.3 Å². The summed E-state index contributed by atoms with van der Waals surface area (Å²) >= 11 is 1.85. The molecule has 2 aromatic heterocycles. The lowest BCUT2D eigenvalue weighted by molar-refractivity contribution is 0.107. The van der Waals surface area contributed by atoms with Gasteiger partial charge in [-0.05, 0) is 88.4 Å². The summed E-state index contributed by atoms with van der Waals surface area (Å²) in [4.78, 5) is 24.2. The van der Waals surface area contributed by atoms with Crippen LogP contribution in [0.3, 0.4) is 0 Å². The van der Waals surface area contributed by atoms with E-state index in [1.54, 1.807) is 0 Å². The number of ether oxygens (including phenoxy) is 1. The minimum Gasteiger partial charge on any atom is -0.461 e. The lowest BCUT2D eigenvalue weighted by Gasteiger charge is -2.37. The number of nitrogens with zero attached hydrogens (tertiary/aromatic N) is 6. The lowest BCUT2D eigenvalue weighted by atomic mass is 9.95. The van der Waals surface area contributed by atoms with E-state index in [0.717, 1.165) is 57.0 Å². The molecule has 3 fully saturated rings. The quantitative estimate of drug-likeness (QED) is 0.226. The SMILES string of the molecule is CCc1cccc2cccc(N3CCc4c(nc(OCC56CCCN5CCC6)nc4N4CCCC(c5ncc(C)s5)C4)C3)c12. The molecule has 8 rings (SSSR count). The van der Waals surface area contributed by atoms with E-state index in [2.05, 4.69) is 64.9 Å². The van der Waals surface area contributed by atoms with Crippen molar-refractivity contribution in [1.82, 2.24) is 19.9 Å². The topological polar surface area (TPSA) is 57.6 Å². The van der Waals surface area contributed by atoms with E-state index in [0.29, 0.717) is 18.5 Å². The molecule has 4 aliphatic rings. The van der Waals surface area contributed by atoms with Crippen LogP contribution in [0, 0.1) is 6.92 Å². The van der Waals surface area contributed by atoms with Gasteiger partial charge >= 0.3 is 6.01 Å². The molecule has 4 aromatic rings. The molecule has 6 heterocycles.